The Balaban J connectivity index is 0.00000400. The summed E-state index contributed by atoms with van der Waals surface area (Å²) in [7, 11) is 2.05. The summed E-state index contributed by atoms with van der Waals surface area (Å²) in [5, 5.41) is 16.6. The minimum absolute atomic E-state index is 0. The summed E-state index contributed by atoms with van der Waals surface area (Å²) >= 11 is 0. The number of nitrogens with one attached hydrogen (secondary N) is 1. The number of amides is 1. The monoisotopic (exact) mass is 643 g/mol. The van der Waals surface area contributed by atoms with Crippen LogP contribution in [0.4, 0.5) is 24.7 Å². The number of halogens is 3. The van der Waals surface area contributed by atoms with E-state index in [9.17, 15) is 23.2 Å². The van der Waals surface area contributed by atoms with E-state index in [1.807, 2.05) is 11.9 Å². The largest absolute Gasteiger partial charge is 0.462 e. The average Bonchev–Trinajstić information content (AvgIpc) is 3.66. The fraction of sp³-hybridized carbons (Fsp3) is 0.500. The normalized spacial score (nSPS) is 20.5. The van der Waals surface area contributed by atoms with Crippen molar-refractivity contribution in [2.75, 3.05) is 56.2 Å². The second-order valence-electron chi connectivity index (χ2n) is 11.5. The number of carbonyl (C=O) groups excluding carboxylic acids is 1. The van der Waals surface area contributed by atoms with Crippen molar-refractivity contribution in [2.45, 2.75) is 50.5 Å². The number of hydrogen-bond donors (Lipinski definition) is 1. The fourth-order valence-corrected chi connectivity index (χ4v) is 6.57. The summed E-state index contributed by atoms with van der Waals surface area (Å²) in [6.45, 7) is 6.61. The highest BCUT2D eigenvalue weighted by molar-refractivity contribution is 7.59. The van der Waals surface area contributed by atoms with E-state index in [0.29, 0.717) is 61.6 Å². The Bertz CT molecular complexity index is 1610. The zero-order valence-electron chi connectivity index (χ0n) is 25.0. The molecule has 3 aliphatic rings. The minimum atomic E-state index is -4.56. The first kappa shape index (κ1) is 32.4. The number of anilines is 2. The quantitative estimate of drug-likeness (QED) is 0.385. The molecule has 2 atom stereocenters. The predicted octanol–water partition coefficient (Wildman–Crippen LogP) is 3.64. The highest BCUT2D eigenvalue weighted by Crippen LogP contribution is 2.42. The Kier molecular flexibility index (Phi) is 9.45. The van der Waals surface area contributed by atoms with E-state index in [1.165, 1.54) is 18.3 Å². The summed E-state index contributed by atoms with van der Waals surface area (Å²) in [4.78, 5) is 29.7. The third-order valence-corrected chi connectivity index (χ3v) is 8.88. The van der Waals surface area contributed by atoms with Crippen molar-refractivity contribution < 1.29 is 22.7 Å². The number of aromatic nitrogens is 4. The SMILES string of the molecule is C=CC(=O)N1CCN(c2nc(OC[C@@H]3CCCN3C)nc3c2CCN(c2c(C(F)(F)F)ccc4[nH]ncc24)C3)CC1CC#N.S. The zero-order valence-corrected chi connectivity index (χ0v) is 26.0. The summed E-state index contributed by atoms with van der Waals surface area (Å²) in [6, 6.07) is 4.68. The Morgan fingerprint density at radius 2 is 2.02 bits per heavy atom. The third-order valence-electron chi connectivity index (χ3n) is 8.88. The molecule has 1 unspecified atom stereocenters. The first-order chi connectivity index (χ1) is 21.2. The number of ether oxygens (including phenoxy) is 1. The standard InChI is InChI=1S/C30H34F3N9O2.H2S/c1-3-26(43)42-14-13-41(16-19(42)8-10-34)28-21-9-12-40(27-22-15-35-38-24(22)7-6-23(27)30(31,32)33)17-25(21)36-29(37-28)44-18-20-5-4-11-39(20)2;/h3,6-7,15,19-20H,1,4-5,8-9,11-14,16-18H2,2H3,(H,35,38);1H2/t19?,20-;/m0./s1. The number of rotatable bonds is 7. The van der Waals surface area contributed by atoms with Crippen LogP contribution < -0.4 is 14.5 Å². The highest BCUT2D eigenvalue weighted by atomic mass is 32.1. The number of hydrogen-bond acceptors (Lipinski definition) is 9. The summed E-state index contributed by atoms with van der Waals surface area (Å²) in [5.74, 6) is 0.402. The lowest BCUT2D eigenvalue weighted by Gasteiger charge is -2.42. The van der Waals surface area contributed by atoms with E-state index in [0.717, 1.165) is 31.0 Å². The van der Waals surface area contributed by atoms with Crippen molar-refractivity contribution in [3.8, 4) is 12.1 Å². The van der Waals surface area contributed by atoms with Crippen molar-refractivity contribution in [3.05, 3.63) is 47.8 Å². The number of H-pyrrole nitrogens is 1. The van der Waals surface area contributed by atoms with Gasteiger partial charge in [-0.05, 0) is 51.1 Å². The molecular formula is C30H36F3N9O2S. The van der Waals surface area contributed by atoms with Gasteiger partial charge in [0, 0.05) is 43.2 Å². The van der Waals surface area contributed by atoms with Gasteiger partial charge in [-0.2, -0.15) is 47.0 Å². The molecule has 3 aliphatic heterocycles. The van der Waals surface area contributed by atoms with Crippen molar-refractivity contribution >= 4 is 41.8 Å². The van der Waals surface area contributed by atoms with Gasteiger partial charge in [-0.1, -0.05) is 6.58 Å². The van der Waals surface area contributed by atoms with Crippen molar-refractivity contribution in [3.63, 3.8) is 0 Å². The van der Waals surface area contributed by atoms with E-state index in [4.69, 9.17) is 14.7 Å². The van der Waals surface area contributed by atoms with Crippen LogP contribution in [0.25, 0.3) is 10.9 Å². The average molecular weight is 644 g/mol. The summed E-state index contributed by atoms with van der Waals surface area (Å²) < 4.78 is 48.8. The molecule has 3 aromatic rings. The lowest BCUT2D eigenvalue weighted by Crippen LogP contribution is -2.55. The fourth-order valence-electron chi connectivity index (χ4n) is 6.57. The molecule has 5 heterocycles. The van der Waals surface area contributed by atoms with Gasteiger partial charge in [-0.15, -0.1) is 0 Å². The van der Waals surface area contributed by atoms with E-state index in [-0.39, 0.29) is 56.1 Å². The summed E-state index contributed by atoms with van der Waals surface area (Å²) in [6.07, 6.45) is 0.727. The molecule has 11 nitrogen and oxygen atoms in total. The second kappa shape index (κ2) is 13.1. The molecular weight excluding hydrogens is 607 g/mol. The van der Waals surface area contributed by atoms with Crippen LogP contribution in [0.2, 0.25) is 0 Å². The maximum Gasteiger partial charge on any atom is 0.418 e. The van der Waals surface area contributed by atoms with Crippen LogP contribution in [-0.2, 0) is 23.9 Å². The molecule has 0 aliphatic carbocycles. The Morgan fingerprint density at radius 3 is 2.73 bits per heavy atom. The molecule has 1 amide bonds. The van der Waals surface area contributed by atoms with Crippen LogP contribution >= 0.6 is 13.5 Å². The van der Waals surface area contributed by atoms with Gasteiger partial charge in [-0.3, -0.25) is 9.89 Å². The number of nitrogens with zero attached hydrogens (tertiary/aromatic N) is 8. The Hall–Kier alpha value is -4.03. The van der Waals surface area contributed by atoms with Crippen molar-refractivity contribution in [2.24, 2.45) is 0 Å². The number of likely N-dealkylation sites (N-methyl/N-ethyl adjacent to an activating group) is 1. The second-order valence-corrected chi connectivity index (χ2v) is 11.5. The van der Waals surface area contributed by atoms with Crippen LogP contribution in [0.1, 0.15) is 36.1 Å². The van der Waals surface area contributed by atoms with Gasteiger partial charge in [0.25, 0.3) is 0 Å². The molecule has 15 heteroatoms. The van der Waals surface area contributed by atoms with E-state index < -0.39 is 11.7 Å². The lowest BCUT2D eigenvalue weighted by atomic mass is 10.00. The van der Waals surface area contributed by atoms with E-state index >= 15 is 0 Å². The number of carbonyl (C=O) groups is 1. The number of nitriles is 1. The minimum Gasteiger partial charge on any atom is -0.462 e. The van der Waals surface area contributed by atoms with Crippen LogP contribution in [-0.4, -0.2) is 94.3 Å². The number of likely N-dealkylation sites (tertiary alicyclic amines) is 1. The van der Waals surface area contributed by atoms with Crippen LogP contribution in [0, 0.1) is 11.3 Å². The van der Waals surface area contributed by atoms with Crippen molar-refractivity contribution in [1.82, 2.24) is 30.0 Å². The third kappa shape index (κ3) is 6.39. The molecule has 0 spiro atoms. The molecule has 45 heavy (non-hydrogen) atoms. The van der Waals surface area contributed by atoms with E-state index in [1.54, 1.807) is 9.80 Å². The maximum atomic E-state index is 14.2. The zero-order chi connectivity index (χ0) is 31.0. The van der Waals surface area contributed by atoms with Crippen molar-refractivity contribution in [1.29, 1.82) is 5.26 Å². The van der Waals surface area contributed by atoms with Crippen LogP contribution in [0.5, 0.6) is 6.01 Å². The van der Waals surface area contributed by atoms with Crippen LogP contribution in [0.15, 0.2) is 31.0 Å². The van der Waals surface area contributed by atoms with Gasteiger partial charge in [0.1, 0.15) is 12.4 Å². The molecule has 2 fully saturated rings. The first-order valence-corrected chi connectivity index (χ1v) is 14.7. The number of piperazine rings is 1. The lowest BCUT2D eigenvalue weighted by molar-refractivity contribution is -0.137. The smallest absolute Gasteiger partial charge is 0.418 e. The number of benzene rings is 1. The molecule has 2 saturated heterocycles. The van der Waals surface area contributed by atoms with Gasteiger partial charge in [0.15, 0.2) is 0 Å². The molecule has 0 saturated carbocycles. The van der Waals surface area contributed by atoms with Gasteiger partial charge in [0.05, 0.1) is 53.7 Å². The van der Waals surface area contributed by atoms with E-state index in [2.05, 4.69) is 27.7 Å². The molecule has 1 aromatic carbocycles. The van der Waals surface area contributed by atoms with Crippen LogP contribution in [0.3, 0.4) is 0 Å². The first-order valence-electron chi connectivity index (χ1n) is 14.7. The molecule has 240 valence electrons. The number of aromatic amines is 1. The summed E-state index contributed by atoms with van der Waals surface area (Å²) in [5.41, 5.74) is 1.27. The molecule has 0 radical (unpaired) electrons. The molecule has 6 rings (SSSR count). The molecule has 2 aromatic heterocycles. The predicted molar refractivity (Wildman–Crippen MR) is 168 cm³/mol. The maximum absolute atomic E-state index is 14.2. The number of fused-ring (bicyclic) bond motifs is 2. The Morgan fingerprint density at radius 1 is 1.20 bits per heavy atom. The van der Waals surface area contributed by atoms with Gasteiger partial charge >= 0.3 is 12.2 Å². The van der Waals surface area contributed by atoms with Gasteiger partial charge in [0.2, 0.25) is 5.91 Å². The topological polar surface area (TPSA) is 118 Å². The number of alkyl halides is 3. The van der Waals surface area contributed by atoms with Gasteiger partial charge in [-0.25, -0.2) is 0 Å². The van der Waals surface area contributed by atoms with Gasteiger partial charge < -0.3 is 24.3 Å². The molecule has 1 N–H and O–H groups in total. The molecule has 0 bridgehead atoms. The Labute approximate surface area is 266 Å². The highest BCUT2D eigenvalue weighted by Gasteiger charge is 2.38.